The summed E-state index contributed by atoms with van der Waals surface area (Å²) in [6, 6.07) is 12.7. The summed E-state index contributed by atoms with van der Waals surface area (Å²) in [5.74, 6) is -0.742. The molecule has 0 aliphatic rings. The van der Waals surface area contributed by atoms with Crippen LogP contribution in [0, 0.1) is 10.1 Å². The summed E-state index contributed by atoms with van der Waals surface area (Å²) in [6.07, 6.45) is -0.771. The van der Waals surface area contributed by atoms with Crippen molar-refractivity contribution >= 4 is 29.4 Å². The number of rotatable bonds is 7. The number of alkyl carbamates (subject to hydrolysis) is 1. The molecule has 0 radical (unpaired) electrons. The van der Waals surface area contributed by atoms with Crippen molar-refractivity contribution in [2.75, 3.05) is 6.54 Å². The Balaban J connectivity index is 1.83. The van der Waals surface area contributed by atoms with Gasteiger partial charge < -0.3 is 14.8 Å². The summed E-state index contributed by atoms with van der Waals surface area (Å²) < 4.78 is 10.0. The highest BCUT2D eigenvalue weighted by Crippen LogP contribution is 2.25. The summed E-state index contributed by atoms with van der Waals surface area (Å²) in [5, 5.41) is 13.0. The molecule has 1 N–H and O–H groups in total. The van der Waals surface area contributed by atoms with Crippen LogP contribution in [0.15, 0.2) is 48.5 Å². The van der Waals surface area contributed by atoms with E-state index in [4.69, 9.17) is 21.1 Å². The summed E-state index contributed by atoms with van der Waals surface area (Å²) in [5.41, 5.74) is 0.937. The highest BCUT2D eigenvalue weighted by molar-refractivity contribution is 6.17. The molecule has 0 aromatic heterocycles. The topological polar surface area (TPSA) is 108 Å². The summed E-state index contributed by atoms with van der Waals surface area (Å²) in [6.45, 7) is -0.354. The van der Waals surface area contributed by atoms with Gasteiger partial charge in [0.1, 0.15) is 18.9 Å². The third-order valence-electron chi connectivity index (χ3n) is 3.21. The third kappa shape index (κ3) is 5.75. The van der Waals surface area contributed by atoms with Gasteiger partial charge in [0.25, 0.3) is 5.69 Å². The van der Waals surface area contributed by atoms with Crippen molar-refractivity contribution in [2.24, 2.45) is 0 Å². The van der Waals surface area contributed by atoms with Gasteiger partial charge in [-0.1, -0.05) is 30.3 Å². The molecule has 0 spiro atoms. The lowest BCUT2D eigenvalue weighted by atomic mass is 10.2. The van der Waals surface area contributed by atoms with Crippen molar-refractivity contribution in [2.45, 2.75) is 12.5 Å². The first-order valence-electron chi connectivity index (χ1n) is 7.48. The number of hydrogen-bond donors (Lipinski definition) is 1. The third-order valence-corrected chi connectivity index (χ3v) is 3.50. The van der Waals surface area contributed by atoms with Crippen molar-refractivity contribution in [3.05, 3.63) is 69.8 Å². The Morgan fingerprint density at radius 2 is 1.88 bits per heavy atom. The quantitative estimate of drug-likeness (QED) is 0.260. The molecular weight excluding hydrogens is 364 g/mol. The van der Waals surface area contributed by atoms with E-state index in [1.165, 1.54) is 18.2 Å². The summed E-state index contributed by atoms with van der Waals surface area (Å²) in [4.78, 5) is 33.5. The Kier molecular flexibility index (Phi) is 6.92. The molecule has 1 amide bonds. The summed E-state index contributed by atoms with van der Waals surface area (Å²) in [7, 11) is 0. The first-order valence-corrected chi connectivity index (χ1v) is 8.01. The molecule has 0 atom stereocenters. The van der Waals surface area contributed by atoms with E-state index in [1.54, 1.807) is 12.1 Å². The molecule has 26 heavy (non-hydrogen) atoms. The fraction of sp³-hybridized carbons (Fsp3) is 0.176. The number of hydrogen-bond acceptors (Lipinski definition) is 6. The maximum atomic E-state index is 11.8. The highest BCUT2D eigenvalue weighted by Gasteiger charge is 2.15. The number of amides is 1. The van der Waals surface area contributed by atoms with E-state index in [-0.39, 0.29) is 23.9 Å². The van der Waals surface area contributed by atoms with Gasteiger partial charge in [0.15, 0.2) is 0 Å². The molecule has 2 aromatic carbocycles. The molecule has 136 valence electrons. The van der Waals surface area contributed by atoms with Crippen LogP contribution in [0.2, 0.25) is 0 Å². The second kappa shape index (κ2) is 9.38. The van der Waals surface area contributed by atoms with Crippen molar-refractivity contribution in [3.63, 3.8) is 0 Å². The number of benzene rings is 2. The number of ether oxygens (including phenoxy) is 2. The molecule has 0 saturated carbocycles. The van der Waals surface area contributed by atoms with E-state index in [0.717, 1.165) is 5.56 Å². The second-order valence-electron chi connectivity index (χ2n) is 5.07. The number of carbonyl (C=O) groups is 2. The molecule has 0 fully saturated rings. The monoisotopic (exact) mass is 378 g/mol. The number of nitrogens with one attached hydrogen (secondary N) is 1. The van der Waals surface area contributed by atoms with Gasteiger partial charge in [0.05, 0.1) is 10.8 Å². The van der Waals surface area contributed by atoms with Gasteiger partial charge in [0.2, 0.25) is 0 Å². The number of non-ortho nitro benzene ring substituents is 1. The van der Waals surface area contributed by atoms with Crippen LogP contribution in [0.5, 0.6) is 5.75 Å². The maximum absolute atomic E-state index is 11.8. The molecular formula is C17H15ClN2O6. The van der Waals surface area contributed by atoms with Crippen molar-refractivity contribution < 1.29 is 24.0 Å². The smallest absolute Gasteiger partial charge is 0.407 e. The van der Waals surface area contributed by atoms with Gasteiger partial charge in [-0.2, -0.15) is 0 Å². The number of carbonyl (C=O) groups excluding carboxylic acids is 2. The predicted molar refractivity (Wildman–Crippen MR) is 92.9 cm³/mol. The van der Waals surface area contributed by atoms with Crippen LogP contribution >= 0.6 is 11.6 Å². The lowest BCUT2D eigenvalue weighted by Crippen LogP contribution is -2.32. The average Bonchev–Trinajstić information content (AvgIpc) is 2.65. The van der Waals surface area contributed by atoms with Crippen molar-refractivity contribution in [1.82, 2.24) is 5.32 Å². The molecule has 0 aliphatic heterocycles. The normalized spacial score (nSPS) is 10.0. The minimum atomic E-state index is -0.771. The summed E-state index contributed by atoms with van der Waals surface area (Å²) >= 11 is 5.72. The van der Waals surface area contributed by atoms with Crippen LogP contribution in [-0.4, -0.2) is 23.5 Å². The first-order chi connectivity index (χ1) is 12.5. The van der Waals surface area contributed by atoms with Gasteiger partial charge in [-0.15, -0.1) is 11.6 Å². The van der Waals surface area contributed by atoms with Crippen LogP contribution in [0.1, 0.15) is 11.1 Å². The van der Waals surface area contributed by atoms with E-state index in [0.29, 0.717) is 5.56 Å². The zero-order valence-corrected chi connectivity index (χ0v) is 14.3. The standard InChI is InChI=1S/C17H15ClN2O6/c18-9-13-8-14(20(23)24)6-7-15(13)26-16(21)10-19-17(22)25-11-12-4-2-1-3-5-12/h1-8H,9-11H2,(H,19,22). The number of esters is 1. The Morgan fingerprint density at radius 3 is 2.54 bits per heavy atom. The Labute approximate surface area is 153 Å². The number of nitrogens with zero attached hydrogens (tertiary/aromatic N) is 1. The number of nitro groups is 1. The Bertz CT molecular complexity index is 797. The van der Waals surface area contributed by atoms with Crippen LogP contribution in [0.25, 0.3) is 0 Å². The molecule has 0 aliphatic carbocycles. The molecule has 9 heteroatoms. The van der Waals surface area contributed by atoms with Gasteiger partial charge in [-0.3, -0.25) is 10.1 Å². The molecule has 2 rings (SSSR count). The lowest BCUT2D eigenvalue weighted by Gasteiger charge is -2.09. The van der Waals surface area contributed by atoms with Crippen LogP contribution in [0.4, 0.5) is 10.5 Å². The van der Waals surface area contributed by atoms with Gasteiger partial charge in [-0.25, -0.2) is 9.59 Å². The number of alkyl halides is 1. The van der Waals surface area contributed by atoms with Crippen LogP contribution < -0.4 is 10.1 Å². The highest BCUT2D eigenvalue weighted by atomic mass is 35.5. The SMILES string of the molecule is O=C(CNC(=O)OCc1ccccc1)Oc1ccc([N+](=O)[O-])cc1CCl. The van der Waals surface area contributed by atoms with Gasteiger partial charge in [0, 0.05) is 17.7 Å². The minimum Gasteiger partial charge on any atom is -0.445 e. The largest absolute Gasteiger partial charge is 0.445 e. The zero-order valence-electron chi connectivity index (χ0n) is 13.5. The average molecular weight is 379 g/mol. The Hall–Kier alpha value is -3.13. The zero-order chi connectivity index (χ0) is 18.9. The second-order valence-corrected chi connectivity index (χ2v) is 5.34. The van der Waals surface area contributed by atoms with E-state index in [2.05, 4.69) is 5.32 Å². The predicted octanol–water partition coefficient (Wildman–Crippen LogP) is 3.17. The van der Waals surface area contributed by atoms with Crippen molar-refractivity contribution in [3.8, 4) is 5.75 Å². The molecule has 0 bridgehead atoms. The molecule has 8 nitrogen and oxygen atoms in total. The number of nitro benzene ring substituents is 1. The van der Waals surface area contributed by atoms with Gasteiger partial charge >= 0.3 is 12.1 Å². The molecule has 0 unspecified atom stereocenters. The lowest BCUT2D eigenvalue weighted by molar-refractivity contribution is -0.384. The first kappa shape index (κ1) is 19.2. The van der Waals surface area contributed by atoms with Gasteiger partial charge in [-0.05, 0) is 11.6 Å². The molecule has 0 heterocycles. The Morgan fingerprint density at radius 1 is 1.15 bits per heavy atom. The van der Waals surface area contributed by atoms with E-state index in [1.807, 2.05) is 18.2 Å². The maximum Gasteiger partial charge on any atom is 0.407 e. The van der Waals surface area contributed by atoms with Crippen LogP contribution in [0.3, 0.4) is 0 Å². The molecule has 0 saturated heterocycles. The number of halogens is 1. The van der Waals surface area contributed by atoms with E-state index < -0.39 is 23.5 Å². The fourth-order valence-corrected chi connectivity index (χ4v) is 2.17. The molecule has 2 aromatic rings. The minimum absolute atomic E-state index is 0.0699. The van der Waals surface area contributed by atoms with Crippen LogP contribution in [-0.2, 0) is 22.0 Å². The fourth-order valence-electron chi connectivity index (χ4n) is 1.96. The van der Waals surface area contributed by atoms with Crippen molar-refractivity contribution in [1.29, 1.82) is 0 Å². The van der Waals surface area contributed by atoms with E-state index in [9.17, 15) is 19.7 Å². The van der Waals surface area contributed by atoms with E-state index >= 15 is 0 Å².